The molecule has 0 bridgehead atoms. The van der Waals surface area contributed by atoms with Gasteiger partial charge >= 0.3 is 11.9 Å². The van der Waals surface area contributed by atoms with Crippen LogP contribution in [0.5, 0.6) is 0 Å². The molecule has 0 aliphatic heterocycles. The standard InChI is InChI=1S/C67H112O5/c1-3-5-7-9-11-13-15-17-19-21-23-25-27-29-30-31-32-33-34-35-36-38-40-42-44-46-48-50-52-54-56-58-60-62-67(70)72-65(63-68)64-71-66(69)61-59-57-55-53-51-49-47-45-43-41-39-37-28-26-24-22-20-18-16-14-12-10-8-6-4-2/h5,7,11,13,16-19,22-25,28-30,32-33,35-37,65,68H,3-4,6,8-10,12,14-15,20-21,26-27,31,34,38-64H2,1-2H3/b7-5-,13-11-,18-16-,19-17-,24-22-,25-23-,30-29-,33-32-,36-35-,37-28-. The van der Waals surface area contributed by atoms with Crippen LogP contribution in [0.15, 0.2) is 122 Å². The number of ether oxygens (including phenoxy) is 2. The maximum Gasteiger partial charge on any atom is 0.306 e. The third-order valence-corrected chi connectivity index (χ3v) is 12.7. The number of aliphatic hydroxyl groups is 1. The number of aliphatic hydroxyl groups excluding tert-OH is 1. The fraction of sp³-hybridized carbons (Fsp3) is 0.672. The number of rotatable bonds is 54. The Labute approximate surface area is 445 Å². The molecule has 0 fully saturated rings. The lowest BCUT2D eigenvalue weighted by Gasteiger charge is -2.15. The molecule has 0 aliphatic carbocycles. The summed E-state index contributed by atoms with van der Waals surface area (Å²) in [7, 11) is 0. The minimum atomic E-state index is -0.784. The lowest BCUT2D eigenvalue weighted by atomic mass is 10.0. The van der Waals surface area contributed by atoms with Crippen molar-refractivity contribution in [1.82, 2.24) is 0 Å². The highest BCUT2D eigenvalue weighted by Gasteiger charge is 2.16. The Morgan fingerprint density at radius 3 is 0.903 bits per heavy atom. The molecular formula is C67H112O5. The van der Waals surface area contributed by atoms with E-state index in [1.165, 1.54) is 148 Å². The van der Waals surface area contributed by atoms with Crippen molar-refractivity contribution < 1.29 is 24.2 Å². The molecule has 0 heterocycles. The molecule has 0 amide bonds. The summed E-state index contributed by atoms with van der Waals surface area (Å²) in [5, 5.41) is 9.67. The smallest absolute Gasteiger partial charge is 0.306 e. The predicted molar refractivity (Wildman–Crippen MR) is 315 cm³/mol. The number of carbonyl (C=O) groups excluding carboxylic acids is 2. The number of esters is 2. The Hall–Kier alpha value is -3.70. The minimum Gasteiger partial charge on any atom is -0.462 e. The van der Waals surface area contributed by atoms with Gasteiger partial charge in [-0.05, 0) is 109 Å². The van der Waals surface area contributed by atoms with E-state index < -0.39 is 6.10 Å². The van der Waals surface area contributed by atoms with Crippen molar-refractivity contribution in [2.75, 3.05) is 13.2 Å². The van der Waals surface area contributed by atoms with Crippen LogP contribution in [0.1, 0.15) is 271 Å². The average molecular weight is 998 g/mol. The SMILES string of the molecule is CC/C=C\C/C=C\C/C=C\C/C=C\C/C=C\C/C=C\C/C=C\CCCCCCCCCCCCCC(=O)OC(CO)COC(=O)CCCCCCCCCCCC/C=C\C/C=C\C/C=C\CCCCCCC. The van der Waals surface area contributed by atoms with Gasteiger partial charge < -0.3 is 14.6 Å². The number of unbranched alkanes of at least 4 members (excludes halogenated alkanes) is 26. The first kappa shape index (κ1) is 68.3. The van der Waals surface area contributed by atoms with E-state index in [9.17, 15) is 14.7 Å². The van der Waals surface area contributed by atoms with Crippen molar-refractivity contribution in [2.24, 2.45) is 0 Å². The van der Waals surface area contributed by atoms with Crippen LogP contribution in [-0.4, -0.2) is 36.4 Å². The van der Waals surface area contributed by atoms with E-state index in [-0.39, 0.29) is 25.2 Å². The molecule has 5 nitrogen and oxygen atoms in total. The molecule has 1 atom stereocenters. The van der Waals surface area contributed by atoms with Gasteiger partial charge in [-0.2, -0.15) is 0 Å². The molecule has 72 heavy (non-hydrogen) atoms. The lowest BCUT2D eigenvalue weighted by molar-refractivity contribution is -0.161. The number of hydrogen-bond acceptors (Lipinski definition) is 5. The van der Waals surface area contributed by atoms with Crippen LogP contribution in [0.25, 0.3) is 0 Å². The molecule has 410 valence electrons. The van der Waals surface area contributed by atoms with Crippen molar-refractivity contribution in [2.45, 2.75) is 277 Å². The fourth-order valence-corrected chi connectivity index (χ4v) is 8.25. The van der Waals surface area contributed by atoms with Gasteiger partial charge in [-0.25, -0.2) is 0 Å². The first-order valence-corrected chi connectivity index (χ1v) is 30.1. The van der Waals surface area contributed by atoms with Gasteiger partial charge in [0.2, 0.25) is 0 Å². The highest BCUT2D eigenvalue weighted by Crippen LogP contribution is 2.15. The summed E-state index contributed by atoms with van der Waals surface area (Å²) < 4.78 is 10.7. The van der Waals surface area contributed by atoms with Gasteiger partial charge in [-0.1, -0.05) is 270 Å². The van der Waals surface area contributed by atoms with Gasteiger partial charge in [0.1, 0.15) is 6.61 Å². The molecule has 0 saturated heterocycles. The first-order chi connectivity index (χ1) is 35.6. The van der Waals surface area contributed by atoms with Gasteiger partial charge in [0, 0.05) is 12.8 Å². The summed E-state index contributed by atoms with van der Waals surface area (Å²) in [6, 6.07) is 0. The van der Waals surface area contributed by atoms with Crippen LogP contribution in [0.4, 0.5) is 0 Å². The zero-order chi connectivity index (χ0) is 52.0. The zero-order valence-electron chi connectivity index (χ0n) is 46.9. The molecule has 0 aromatic heterocycles. The molecule has 5 heteroatoms. The van der Waals surface area contributed by atoms with Gasteiger partial charge in [-0.3, -0.25) is 9.59 Å². The average Bonchev–Trinajstić information content (AvgIpc) is 3.38. The summed E-state index contributed by atoms with van der Waals surface area (Å²) >= 11 is 0. The van der Waals surface area contributed by atoms with E-state index >= 15 is 0 Å². The third-order valence-electron chi connectivity index (χ3n) is 12.7. The van der Waals surface area contributed by atoms with E-state index in [2.05, 4.69) is 135 Å². The van der Waals surface area contributed by atoms with Crippen LogP contribution < -0.4 is 0 Å². The maximum atomic E-state index is 12.3. The van der Waals surface area contributed by atoms with Gasteiger partial charge in [0.05, 0.1) is 6.61 Å². The van der Waals surface area contributed by atoms with Gasteiger partial charge in [0.15, 0.2) is 6.10 Å². The van der Waals surface area contributed by atoms with E-state index in [0.29, 0.717) is 12.8 Å². The molecule has 0 spiro atoms. The van der Waals surface area contributed by atoms with E-state index in [1.807, 2.05) is 0 Å². The number of hydrogen-bond donors (Lipinski definition) is 1. The zero-order valence-corrected chi connectivity index (χ0v) is 46.9. The van der Waals surface area contributed by atoms with Crippen molar-refractivity contribution in [3.8, 4) is 0 Å². The Morgan fingerprint density at radius 1 is 0.333 bits per heavy atom. The molecule has 1 N–H and O–H groups in total. The molecule has 0 aromatic rings. The Kier molecular flexibility index (Phi) is 58.4. The molecule has 0 aromatic carbocycles. The summed E-state index contributed by atoms with van der Waals surface area (Å²) in [6.07, 6.45) is 90.3. The number of carbonyl (C=O) groups is 2. The van der Waals surface area contributed by atoms with Crippen molar-refractivity contribution in [1.29, 1.82) is 0 Å². The van der Waals surface area contributed by atoms with Crippen molar-refractivity contribution in [3.05, 3.63) is 122 Å². The van der Waals surface area contributed by atoms with Crippen LogP contribution >= 0.6 is 0 Å². The van der Waals surface area contributed by atoms with Crippen molar-refractivity contribution >= 4 is 11.9 Å². The predicted octanol–water partition coefficient (Wildman–Crippen LogP) is 20.6. The minimum absolute atomic E-state index is 0.0745. The second-order valence-electron chi connectivity index (χ2n) is 19.7. The van der Waals surface area contributed by atoms with E-state index in [0.717, 1.165) is 96.3 Å². The van der Waals surface area contributed by atoms with Crippen LogP contribution in [0.3, 0.4) is 0 Å². The molecule has 0 radical (unpaired) electrons. The normalized spacial score (nSPS) is 13.1. The Balaban J connectivity index is 3.55. The highest BCUT2D eigenvalue weighted by atomic mass is 16.6. The van der Waals surface area contributed by atoms with Crippen molar-refractivity contribution in [3.63, 3.8) is 0 Å². The highest BCUT2D eigenvalue weighted by molar-refractivity contribution is 5.70. The third kappa shape index (κ3) is 58.9. The topological polar surface area (TPSA) is 72.8 Å². The second kappa shape index (κ2) is 61.6. The quantitative estimate of drug-likeness (QED) is 0.0373. The number of allylic oxidation sites excluding steroid dienone is 20. The van der Waals surface area contributed by atoms with Gasteiger partial charge in [0.25, 0.3) is 0 Å². The second-order valence-corrected chi connectivity index (χ2v) is 19.7. The Morgan fingerprint density at radius 2 is 0.597 bits per heavy atom. The monoisotopic (exact) mass is 997 g/mol. The molecule has 0 rings (SSSR count). The fourth-order valence-electron chi connectivity index (χ4n) is 8.25. The summed E-state index contributed by atoms with van der Waals surface area (Å²) in [6.45, 7) is 4.02. The summed E-state index contributed by atoms with van der Waals surface area (Å²) in [5.74, 6) is -0.599. The summed E-state index contributed by atoms with van der Waals surface area (Å²) in [5.41, 5.74) is 0. The summed E-state index contributed by atoms with van der Waals surface area (Å²) in [4.78, 5) is 24.6. The maximum absolute atomic E-state index is 12.3. The van der Waals surface area contributed by atoms with E-state index in [1.54, 1.807) is 0 Å². The largest absolute Gasteiger partial charge is 0.462 e. The van der Waals surface area contributed by atoms with Gasteiger partial charge in [-0.15, -0.1) is 0 Å². The lowest BCUT2D eigenvalue weighted by Crippen LogP contribution is -2.28. The Bertz CT molecular complexity index is 1450. The van der Waals surface area contributed by atoms with Crippen LogP contribution in [0, 0.1) is 0 Å². The first-order valence-electron chi connectivity index (χ1n) is 30.1. The molecule has 0 aliphatic rings. The van der Waals surface area contributed by atoms with Crippen LogP contribution in [0.2, 0.25) is 0 Å². The molecular weight excluding hydrogens is 885 g/mol. The van der Waals surface area contributed by atoms with E-state index in [4.69, 9.17) is 9.47 Å². The van der Waals surface area contributed by atoms with Crippen LogP contribution in [-0.2, 0) is 19.1 Å². The molecule has 1 unspecified atom stereocenters. The molecule has 0 saturated carbocycles.